The van der Waals surface area contributed by atoms with Crippen molar-refractivity contribution in [3.63, 3.8) is 0 Å². The van der Waals surface area contributed by atoms with Gasteiger partial charge >= 0.3 is 5.97 Å². The van der Waals surface area contributed by atoms with Gasteiger partial charge in [-0.2, -0.15) is 0 Å². The molecular weight excluding hydrogens is 330 g/mol. The Morgan fingerprint density at radius 1 is 0.846 bits per heavy atom. The molecule has 0 aliphatic heterocycles. The molecule has 6 nitrogen and oxygen atoms in total. The number of esters is 1. The van der Waals surface area contributed by atoms with Crippen LogP contribution in [-0.2, 0) is 4.74 Å². The van der Waals surface area contributed by atoms with Crippen LogP contribution in [0.5, 0.6) is 0 Å². The Bertz CT molecular complexity index is 909. The van der Waals surface area contributed by atoms with Gasteiger partial charge in [-0.25, -0.2) is 4.79 Å². The van der Waals surface area contributed by atoms with E-state index < -0.39 is 5.97 Å². The molecule has 1 heterocycles. The molecule has 26 heavy (non-hydrogen) atoms. The van der Waals surface area contributed by atoms with E-state index in [2.05, 4.69) is 20.4 Å². The van der Waals surface area contributed by atoms with Gasteiger partial charge < -0.3 is 15.4 Å². The Kier molecular flexibility index (Phi) is 5.24. The number of methoxy groups -OCH3 is 1. The van der Waals surface area contributed by atoms with Crippen LogP contribution in [0, 0.1) is 0 Å². The molecule has 3 rings (SSSR count). The van der Waals surface area contributed by atoms with Crippen molar-refractivity contribution in [1.29, 1.82) is 0 Å². The van der Waals surface area contributed by atoms with Crippen LogP contribution in [0.1, 0.15) is 20.7 Å². The zero-order valence-corrected chi connectivity index (χ0v) is 14.1. The highest BCUT2D eigenvalue weighted by Gasteiger charge is 2.09. The average molecular weight is 347 g/mol. The topological polar surface area (TPSA) is 80.3 Å². The van der Waals surface area contributed by atoms with E-state index in [1.165, 1.54) is 13.3 Å². The molecule has 0 spiro atoms. The largest absolute Gasteiger partial charge is 0.465 e. The SMILES string of the molecule is COC(=O)c1ccc(NC(=O)c2cncc(Nc3ccccc3)c2)cc1. The third kappa shape index (κ3) is 4.24. The van der Waals surface area contributed by atoms with Gasteiger partial charge in [0, 0.05) is 17.6 Å². The zero-order chi connectivity index (χ0) is 18.4. The van der Waals surface area contributed by atoms with Crippen LogP contribution in [0.25, 0.3) is 0 Å². The van der Waals surface area contributed by atoms with E-state index in [-0.39, 0.29) is 5.91 Å². The monoisotopic (exact) mass is 347 g/mol. The fraction of sp³-hybridized carbons (Fsp3) is 0.0500. The number of anilines is 3. The molecule has 3 aromatic rings. The van der Waals surface area contributed by atoms with Crippen molar-refractivity contribution in [2.24, 2.45) is 0 Å². The van der Waals surface area contributed by atoms with Gasteiger partial charge in [-0.3, -0.25) is 9.78 Å². The molecule has 1 amide bonds. The summed E-state index contributed by atoms with van der Waals surface area (Å²) in [5.41, 5.74) is 3.03. The minimum Gasteiger partial charge on any atom is -0.465 e. The molecular formula is C20H17N3O3. The summed E-state index contributed by atoms with van der Waals surface area (Å²) in [5, 5.41) is 5.97. The van der Waals surface area contributed by atoms with Crippen LogP contribution < -0.4 is 10.6 Å². The first-order valence-corrected chi connectivity index (χ1v) is 7.92. The summed E-state index contributed by atoms with van der Waals surface area (Å²) in [5.74, 6) is -0.716. The van der Waals surface area contributed by atoms with Crippen molar-refractivity contribution in [2.45, 2.75) is 0 Å². The number of pyridine rings is 1. The Balaban J connectivity index is 1.70. The van der Waals surface area contributed by atoms with E-state index in [1.807, 2.05) is 30.3 Å². The van der Waals surface area contributed by atoms with Crippen molar-refractivity contribution >= 4 is 28.9 Å². The normalized spacial score (nSPS) is 10.0. The molecule has 0 saturated carbocycles. The molecule has 0 atom stereocenters. The van der Waals surface area contributed by atoms with Gasteiger partial charge in [-0.1, -0.05) is 18.2 Å². The highest BCUT2D eigenvalue weighted by Crippen LogP contribution is 2.17. The second kappa shape index (κ2) is 7.94. The van der Waals surface area contributed by atoms with E-state index in [4.69, 9.17) is 0 Å². The first-order chi connectivity index (χ1) is 12.7. The van der Waals surface area contributed by atoms with Crippen LogP contribution in [0.2, 0.25) is 0 Å². The fourth-order valence-corrected chi connectivity index (χ4v) is 2.33. The lowest BCUT2D eigenvalue weighted by atomic mass is 10.2. The van der Waals surface area contributed by atoms with E-state index in [0.29, 0.717) is 22.5 Å². The Morgan fingerprint density at radius 3 is 2.27 bits per heavy atom. The molecule has 130 valence electrons. The van der Waals surface area contributed by atoms with Gasteiger partial charge in [0.2, 0.25) is 0 Å². The van der Waals surface area contributed by atoms with Crippen LogP contribution in [0.15, 0.2) is 73.1 Å². The average Bonchev–Trinajstić information content (AvgIpc) is 2.69. The zero-order valence-electron chi connectivity index (χ0n) is 14.1. The summed E-state index contributed by atoms with van der Waals surface area (Å²) in [7, 11) is 1.32. The van der Waals surface area contributed by atoms with E-state index >= 15 is 0 Å². The molecule has 0 unspecified atom stereocenters. The number of carbonyl (C=O) groups excluding carboxylic acids is 2. The molecule has 6 heteroatoms. The number of carbonyl (C=O) groups is 2. The van der Waals surface area contributed by atoms with Crippen LogP contribution in [-0.4, -0.2) is 24.0 Å². The summed E-state index contributed by atoms with van der Waals surface area (Å²) >= 11 is 0. The van der Waals surface area contributed by atoms with Crippen LogP contribution >= 0.6 is 0 Å². The second-order valence-electron chi connectivity index (χ2n) is 5.48. The maximum Gasteiger partial charge on any atom is 0.337 e. The minimum atomic E-state index is -0.424. The van der Waals surface area contributed by atoms with Crippen molar-refractivity contribution in [2.75, 3.05) is 17.7 Å². The Labute approximate surface area is 150 Å². The van der Waals surface area contributed by atoms with Crippen molar-refractivity contribution in [3.05, 3.63) is 84.2 Å². The molecule has 0 radical (unpaired) electrons. The summed E-state index contributed by atoms with van der Waals surface area (Å²) in [6, 6.07) is 17.8. The molecule has 0 aliphatic carbocycles. The minimum absolute atomic E-state index is 0.292. The van der Waals surface area contributed by atoms with Gasteiger partial charge in [-0.05, 0) is 42.5 Å². The van der Waals surface area contributed by atoms with Crippen molar-refractivity contribution < 1.29 is 14.3 Å². The number of hydrogen-bond acceptors (Lipinski definition) is 5. The van der Waals surface area contributed by atoms with Gasteiger partial charge in [0.1, 0.15) is 0 Å². The van der Waals surface area contributed by atoms with Gasteiger partial charge in [0.15, 0.2) is 0 Å². The number of aromatic nitrogens is 1. The number of nitrogens with one attached hydrogen (secondary N) is 2. The summed E-state index contributed by atoms with van der Waals surface area (Å²) in [6.45, 7) is 0. The van der Waals surface area contributed by atoms with Crippen molar-refractivity contribution in [3.8, 4) is 0 Å². The second-order valence-corrected chi connectivity index (χ2v) is 5.48. The summed E-state index contributed by atoms with van der Waals surface area (Å²) < 4.78 is 4.65. The van der Waals surface area contributed by atoms with E-state index in [1.54, 1.807) is 36.5 Å². The number of para-hydroxylation sites is 1. The predicted octanol–water partition coefficient (Wildman–Crippen LogP) is 3.86. The Hall–Kier alpha value is -3.67. The predicted molar refractivity (Wildman–Crippen MR) is 99.7 cm³/mol. The molecule has 2 aromatic carbocycles. The number of ether oxygens (including phenoxy) is 1. The lowest BCUT2D eigenvalue weighted by molar-refractivity contribution is 0.0600. The number of hydrogen-bond donors (Lipinski definition) is 2. The summed E-state index contributed by atoms with van der Waals surface area (Å²) in [4.78, 5) is 28.0. The Morgan fingerprint density at radius 2 is 1.58 bits per heavy atom. The van der Waals surface area contributed by atoms with Gasteiger partial charge in [0.05, 0.1) is 30.1 Å². The maximum absolute atomic E-state index is 12.4. The number of amides is 1. The molecule has 2 N–H and O–H groups in total. The molecule has 0 bridgehead atoms. The lowest BCUT2D eigenvalue weighted by Crippen LogP contribution is -2.12. The van der Waals surface area contributed by atoms with E-state index in [0.717, 1.165) is 5.69 Å². The van der Waals surface area contributed by atoms with E-state index in [9.17, 15) is 9.59 Å². The fourth-order valence-electron chi connectivity index (χ4n) is 2.33. The standard InChI is InChI=1S/C20H17N3O3/c1-26-20(25)14-7-9-17(10-8-14)23-19(24)15-11-18(13-21-12-15)22-16-5-3-2-4-6-16/h2-13,22H,1H3,(H,23,24). The molecule has 0 fully saturated rings. The highest BCUT2D eigenvalue weighted by molar-refractivity contribution is 6.04. The third-order valence-corrected chi connectivity index (χ3v) is 3.63. The van der Waals surface area contributed by atoms with Gasteiger partial charge in [0.25, 0.3) is 5.91 Å². The third-order valence-electron chi connectivity index (χ3n) is 3.63. The summed E-state index contributed by atoms with van der Waals surface area (Å²) in [6.07, 6.45) is 3.14. The molecule has 0 aliphatic rings. The lowest BCUT2D eigenvalue weighted by Gasteiger charge is -2.09. The number of nitrogens with zero attached hydrogens (tertiary/aromatic N) is 1. The number of benzene rings is 2. The quantitative estimate of drug-likeness (QED) is 0.685. The maximum atomic E-state index is 12.4. The van der Waals surface area contributed by atoms with Crippen molar-refractivity contribution in [1.82, 2.24) is 4.98 Å². The molecule has 0 saturated heterocycles. The highest BCUT2D eigenvalue weighted by atomic mass is 16.5. The van der Waals surface area contributed by atoms with Crippen LogP contribution in [0.4, 0.5) is 17.1 Å². The smallest absolute Gasteiger partial charge is 0.337 e. The first-order valence-electron chi connectivity index (χ1n) is 7.92. The number of rotatable bonds is 5. The van der Waals surface area contributed by atoms with Gasteiger partial charge in [-0.15, -0.1) is 0 Å². The first kappa shape index (κ1) is 17.2. The van der Waals surface area contributed by atoms with Crippen LogP contribution in [0.3, 0.4) is 0 Å². The molecule has 1 aromatic heterocycles.